The molecule has 0 amide bonds. The third-order valence-corrected chi connectivity index (χ3v) is 3.97. The second-order valence-electron chi connectivity index (χ2n) is 4.93. The van der Waals surface area contributed by atoms with E-state index in [-0.39, 0.29) is 5.69 Å². The number of aromatic nitrogens is 2. The van der Waals surface area contributed by atoms with Crippen LogP contribution in [0.3, 0.4) is 0 Å². The lowest BCUT2D eigenvalue weighted by molar-refractivity contribution is 1.23. The van der Waals surface area contributed by atoms with Gasteiger partial charge in [-0.05, 0) is 43.2 Å². The third kappa shape index (κ3) is 2.35. The number of halogens is 1. The van der Waals surface area contributed by atoms with Crippen LogP contribution in [0, 0.1) is 25.2 Å². The second-order valence-corrected chi connectivity index (χ2v) is 5.31. The quantitative estimate of drug-likeness (QED) is 0.666. The Bertz CT molecular complexity index is 894. The van der Waals surface area contributed by atoms with Gasteiger partial charge in [-0.2, -0.15) is 5.26 Å². The van der Waals surface area contributed by atoms with Gasteiger partial charge in [0, 0.05) is 22.8 Å². The van der Waals surface area contributed by atoms with Gasteiger partial charge in [0.1, 0.15) is 6.07 Å². The average molecular weight is 294 g/mol. The molecule has 0 aliphatic carbocycles. The fourth-order valence-electron chi connectivity index (χ4n) is 2.34. The molecule has 3 nitrogen and oxygen atoms in total. The minimum Gasteiger partial charge on any atom is -0.253 e. The topological polar surface area (TPSA) is 49.6 Å². The van der Waals surface area contributed by atoms with Crippen LogP contribution in [0.2, 0.25) is 5.02 Å². The van der Waals surface area contributed by atoms with Gasteiger partial charge in [-0.25, -0.2) is 4.98 Å². The highest BCUT2D eigenvalue weighted by atomic mass is 35.5. The molecular weight excluding hydrogens is 282 g/mol. The molecule has 3 aromatic rings. The van der Waals surface area contributed by atoms with Crippen molar-refractivity contribution < 1.29 is 0 Å². The summed E-state index contributed by atoms with van der Waals surface area (Å²) >= 11 is 6.19. The SMILES string of the molecule is Cc1ccc2cc(-c3cnc(C#N)c(Cl)c3C)ccc2n1. The normalized spacial score (nSPS) is 10.6. The Kier molecular flexibility index (Phi) is 3.32. The van der Waals surface area contributed by atoms with E-state index in [4.69, 9.17) is 16.9 Å². The van der Waals surface area contributed by atoms with Crippen molar-refractivity contribution in [2.75, 3.05) is 0 Å². The predicted molar refractivity (Wildman–Crippen MR) is 84.2 cm³/mol. The first-order valence-electron chi connectivity index (χ1n) is 6.53. The van der Waals surface area contributed by atoms with Crippen molar-refractivity contribution in [3.05, 3.63) is 58.5 Å². The van der Waals surface area contributed by atoms with Gasteiger partial charge < -0.3 is 0 Å². The molecule has 102 valence electrons. The fourth-order valence-corrected chi connectivity index (χ4v) is 2.54. The van der Waals surface area contributed by atoms with Crippen LogP contribution in [0.15, 0.2) is 36.5 Å². The lowest BCUT2D eigenvalue weighted by Gasteiger charge is -2.09. The first kappa shape index (κ1) is 13.5. The standard InChI is InChI=1S/C17H12ClN3/c1-10-3-4-13-7-12(5-6-15(13)21-10)14-9-20-16(8-19)17(18)11(14)2/h3-7,9H,1-2H3. The van der Waals surface area contributed by atoms with E-state index < -0.39 is 0 Å². The zero-order chi connectivity index (χ0) is 15.0. The minimum atomic E-state index is 0.260. The monoisotopic (exact) mass is 293 g/mol. The Morgan fingerprint density at radius 1 is 1.14 bits per heavy atom. The summed E-state index contributed by atoms with van der Waals surface area (Å²) in [6.45, 7) is 3.87. The molecule has 0 spiro atoms. The molecule has 21 heavy (non-hydrogen) atoms. The van der Waals surface area contributed by atoms with Gasteiger partial charge in [0.2, 0.25) is 0 Å². The summed E-state index contributed by atoms with van der Waals surface area (Å²) in [6, 6.07) is 12.1. The Labute approximate surface area is 127 Å². The van der Waals surface area contributed by atoms with Crippen LogP contribution >= 0.6 is 11.6 Å². The van der Waals surface area contributed by atoms with Crippen molar-refractivity contribution in [1.82, 2.24) is 9.97 Å². The highest BCUT2D eigenvalue weighted by Crippen LogP contribution is 2.31. The molecule has 1 aromatic carbocycles. The molecule has 0 fully saturated rings. The van der Waals surface area contributed by atoms with Crippen molar-refractivity contribution in [1.29, 1.82) is 5.26 Å². The van der Waals surface area contributed by atoms with Gasteiger partial charge in [0.05, 0.1) is 10.5 Å². The van der Waals surface area contributed by atoms with Gasteiger partial charge >= 0.3 is 0 Å². The average Bonchev–Trinajstić information content (AvgIpc) is 2.49. The fraction of sp³-hybridized carbons (Fsp3) is 0.118. The first-order chi connectivity index (χ1) is 10.1. The molecule has 0 radical (unpaired) electrons. The van der Waals surface area contributed by atoms with Crippen molar-refractivity contribution >= 4 is 22.5 Å². The van der Waals surface area contributed by atoms with Crippen LogP contribution in [0.5, 0.6) is 0 Å². The molecule has 0 aliphatic heterocycles. The van der Waals surface area contributed by atoms with Crippen LogP contribution in [-0.2, 0) is 0 Å². The molecule has 4 heteroatoms. The summed E-state index contributed by atoms with van der Waals surface area (Å²) in [6.07, 6.45) is 1.70. The molecule has 3 rings (SSSR count). The molecule has 2 heterocycles. The largest absolute Gasteiger partial charge is 0.253 e. The lowest BCUT2D eigenvalue weighted by atomic mass is 10.0. The molecule has 0 atom stereocenters. The zero-order valence-electron chi connectivity index (χ0n) is 11.7. The molecule has 0 bridgehead atoms. The Balaban J connectivity index is 2.19. The Hall–Kier alpha value is -2.44. The summed E-state index contributed by atoms with van der Waals surface area (Å²) in [5.41, 5.74) is 5.03. The Morgan fingerprint density at radius 3 is 2.71 bits per heavy atom. The van der Waals surface area contributed by atoms with Gasteiger partial charge in [0.15, 0.2) is 5.69 Å². The van der Waals surface area contributed by atoms with Crippen LogP contribution in [0.4, 0.5) is 0 Å². The van der Waals surface area contributed by atoms with Crippen LogP contribution in [0.25, 0.3) is 22.0 Å². The smallest absolute Gasteiger partial charge is 0.159 e. The van der Waals surface area contributed by atoms with Crippen molar-refractivity contribution in [3.63, 3.8) is 0 Å². The molecule has 0 saturated heterocycles. The lowest BCUT2D eigenvalue weighted by Crippen LogP contribution is -1.92. The molecule has 0 unspecified atom stereocenters. The number of hydrogen-bond donors (Lipinski definition) is 0. The van der Waals surface area contributed by atoms with Gasteiger partial charge in [-0.3, -0.25) is 4.98 Å². The Morgan fingerprint density at radius 2 is 1.95 bits per heavy atom. The molecule has 0 aliphatic rings. The summed E-state index contributed by atoms with van der Waals surface area (Å²) in [5.74, 6) is 0. The van der Waals surface area contributed by atoms with E-state index in [1.54, 1.807) is 6.20 Å². The maximum Gasteiger partial charge on any atom is 0.159 e. The number of fused-ring (bicyclic) bond motifs is 1. The summed E-state index contributed by atoms with van der Waals surface area (Å²) in [4.78, 5) is 8.61. The summed E-state index contributed by atoms with van der Waals surface area (Å²) < 4.78 is 0. The number of hydrogen-bond acceptors (Lipinski definition) is 3. The van der Waals surface area contributed by atoms with Crippen LogP contribution < -0.4 is 0 Å². The zero-order valence-corrected chi connectivity index (χ0v) is 12.4. The molecule has 0 N–H and O–H groups in total. The van der Waals surface area contributed by atoms with E-state index in [0.29, 0.717) is 5.02 Å². The molecule has 0 saturated carbocycles. The highest BCUT2D eigenvalue weighted by molar-refractivity contribution is 6.32. The van der Waals surface area contributed by atoms with E-state index in [1.807, 2.05) is 38.1 Å². The third-order valence-electron chi connectivity index (χ3n) is 3.51. The van der Waals surface area contributed by atoms with Crippen molar-refractivity contribution in [2.45, 2.75) is 13.8 Å². The second kappa shape index (κ2) is 5.16. The summed E-state index contributed by atoms with van der Waals surface area (Å²) in [5, 5.41) is 10.4. The summed E-state index contributed by atoms with van der Waals surface area (Å²) in [7, 11) is 0. The number of aryl methyl sites for hydroxylation is 1. The predicted octanol–water partition coefficient (Wildman–Crippen LogP) is 4.44. The van der Waals surface area contributed by atoms with Crippen molar-refractivity contribution in [2.24, 2.45) is 0 Å². The van der Waals surface area contributed by atoms with Crippen molar-refractivity contribution in [3.8, 4) is 17.2 Å². The van der Waals surface area contributed by atoms with E-state index in [1.165, 1.54) is 0 Å². The molecule has 2 aromatic heterocycles. The van der Waals surface area contributed by atoms with E-state index in [9.17, 15) is 0 Å². The maximum absolute atomic E-state index is 8.97. The van der Waals surface area contributed by atoms with Crippen LogP contribution in [-0.4, -0.2) is 9.97 Å². The number of nitriles is 1. The van der Waals surface area contributed by atoms with Crippen LogP contribution in [0.1, 0.15) is 17.0 Å². The molecular formula is C17H12ClN3. The minimum absolute atomic E-state index is 0.260. The highest BCUT2D eigenvalue weighted by Gasteiger charge is 2.11. The number of benzene rings is 1. The number of nitrogens with zero attached hydrogens (tertiary/aromatic N) is 3. The van der Waals surface area contributed by atoms with Gasteiger partial charge in [-0.15, -0.1) is 0 Å². The van der Waals surface area contributed by atoms with E-state index in [0.717, 1.165) is 33.3 Å². The van der Waals surface area contributed by atoms with Gasteiger partial charge in [0.25, 0.3) is 0 Å². The van der Waals surface area contributed by atoms with E-state index in [2.05, 4.69) is 22.1 Å². The van der Waals surface area contributed by atoms with Gasteiger partial charge in [-0.1, -0.05) is 23.7 Å². The first-order valence-corrected chi connectivity index (χ1v) is 6.91. The number of pyridine rings is 2. The van der Waals surface area contributed by atoms with E-state index >= 15 is 0 Å². The number of rotatable bonds is 1. The maximum atomic E-state index is 8.97.